The molecule has 18 heavy (non-hydrogen) atoms. The highest BCUT2D eigenvalue weighted by atomic mass is 35.5. The van der Waals surface area contributed by atoms with Gasteiger partial charge in [0, 0.05) is 38.7 Å². The van der Waals surface area contributed by atoms with E-state index >= 15 is 0 Å². The van der Waals surface area contributed by atoms with Crippen molar-refractivity contribution in [3.63, 3.8) is 0 Å². The third-order valence-electron chi connectivity index (χ3n) is 3.42. The topological polar surface area (TPSA) is 38.5 Å². The molecule has 0 aromatic heterocycles. The molecule has 0 spiro atoms. The van der Waals surface area contributed by atoms with Crippen LogP contribution < -0.4 is 5.73 Å². The summed E-state index contributed by atoms with van der Waals surface area (Å²) in [4.78, 5) is 2.24. The molecule has 2 atom stereocenters. The van der Waals surface area contributed by atoms with Gasteiger partial charge in [-0.05, 0) is 17.7 Å². The predicted molar refractivity (Wildman–Crippen MR) is 70.4 cm³/mol. The zero-order chi connectivity index (χ0) is 13.1. The van der Waals surface area contributed by atoms with Crippen molar-refractivity contribution in [2.75, 3.05) is 33.4 Å². The zero-order valence-electron chi connectivity index (χ0n) is 10.4. The second kappa shape index (κ2) is 5.97. The van der Waals surface area contributed by atoms with Crippen molar-refractivity contribution in [3.8, 4) is 0 Å². The number of halogens is 2. The van der Waals surface area contributed by atoms with E-state index in [0.717, 1.165) is 25.2 Å². The Morgan fingerprint density at radius 2 is 2.28 bits per heavy atom. The molecule has 1 heterocycles. The first-order valence-corrected chi connectivity index (χ1v) is 6.41. The summed E-state index contributed by atoms with van der Waals surface area (Å²) in [6.07, 6.45) is 0. The van der Waals surface area contributed by atoms with Crippen LogP contribution in [0.4, 0.5) is 4.39 Å². The summed E-state index contributed by atoms with van der Waals surface area (Å²) in [5.74, 6) is -0.217. The molecule has 1 aromatic carbocycles. The summed E-state index contributed by atoms with van der Waals surface area (Å²) in [6.45, 7) is 3.20. The number of benzene rings is 1. The molecular formula is C13H18ClFN2O. The van der Waals surface area contributed by atoms with Crippen molar-refractivity contribution in [2.24, 2.45) is 5.73 Å². The monoisotopic (exact) mass is 272 g/mol. The van der Waals surface area contributed by atoms with Gasteiger partial charge in [-0.2, -0.15) is 0 Å². The Balaban J connectivity index is 2.06. The van der Waals surface area contributed by atoms with E-state index in [0.29, 0.717) is 6.61 Å². The van der Waals surface area contributed by atoms with Gasteiger partial charge >= 0.3 is 0 Å². The summed E-state index contributed by atoms with van der Waals surface area (Å²) in [7, 11) is 1.68. The number of likely N-dealkylation sites (tertiary alicyclic amines) is 1. The predicted octanol–water partition coefficient (Wildman–Crippen LogP) is 1.85. The molecule has 0 bridgehead atoms. The van der Waals surface area contributed by atoms with Gasteiger partial charge in [0.2, 0.25) is 0 Å². The molecule has 1 aliphatic heterocycles. The molecule has 3 nitrogen and oxygen atoms in total. The van der Waals surface area contributed by atoms with Crippen molar-refractivity contribution in [2.45, 2.75) is 12.0 Å². The molecule has 0 amide bonds. The first kappa shape index (κ1) is 13.7. The molecule has 2 rings (SSSR count). The van der Waals surface area contributed by atoms with Crippen LogP contribution in [0.2, 0.25) is 5.02 Å². The Morgan fingerprint density at radius 3 is 2.94 bits per heavy atom. The van der Waals surface area contributed by atoms with E-state index in [2.05, 4.69) is 4.90 Å². The Kier molecular flexibility index (Phi) is 4.56. The number of nitrogens with two attached hydrogens (primary N) is 1. The second-order valence-electron chi connectivity index (χ2n) is 4.70. The number of rotatable bonds is 4. The fourth-order valence-electron chi connectivity index (χ4n) is 2.41. The van der Waals surface area contributed by atoms with E-state index in [1.807, 2.05) is 6.07 Å². The molecule has 1 aromatic rings. The molecule has 1 saturated heterocycles. The van der Waals surface area contributed by atoms with E-state index in [4.69, 9.17) is 22.1 Å². The summed E-state index contributed by atoms with van der Waals surface area (Å²) in [5.41, 5.74) is 7.04. The van der Waals surface area contributed by atoms with Gasteiger partial charge < -0.3 is 10.5 Å². The lowest BCUT2D eigenvalue weighted by Gasteiger charge is -2.15. The highest BCUT2D eigenvalue weighted by Gasteiger charge is 2.31. The van der Waals surface area contributed by atoms with E-state index in [-0.39, 0.29) is 22.8 Å². The average molecular weight is 273 g/mol. The van der Waals surface area contributed by atoms with Gasteiger partial charge in [-0.25, -0.2) is 4.39 Å². The van der Waals surface area contributed by atoms with Crippen molar-refractivity contribution < 1.29 is 9.13 Å². The lowest BCUT2D eigenvalue weighted by Crippen LogP contribution is -2.30. The summed E-state index contributed by atoms with van der Waals surface area (Å²) >= 11 is 5.69. The largest absolute Gasteiger partial charge is 0.383 e. The van der Waals surface area contributed by atoms with E-state index < -0.39 is 0 Å². The molecule has 0 unspecified atom stereocenters. The normalized spacial score (nSPS) is 24.7. The highest BCUT2D eigenvalue weighted by Crippen LogP contribution is 2.28. The SMILES string of the molecule is COCCN1C[C@H](c2ccc(Cl)c(F)c2)[C@@H](N)C1. The van der Waals surface area contributed by atoms with Gasteiger partial charge in [0.15, 0.2) is 0 Å². The first-order chi connectivity index (χ1) is 8.61. The van der Waals surface area contributed by atoms with Crippen LogP contribution in [0.3, 0.4) is 0 Å². The zero-order valence-corrected chi connectivity index (χ0v) is 11.2. The van der Waals surface area contributed by atoms with Crippen LogP contribution in [-0.4, -0.2) is 44.3 Å². The highest BCUT2D eigenvalue weighted by molar-refractivity contribution is 6.30. The maximum Gasteiger partial charge on any atom is 0.142 e. The minimum atomic E-state index is -0.378. The van der Waals surface area contributed by atoms with Gasteiger partial charge in [-0.3, -0.25) is 4.90 Å². The Labute approximate surface area is 112 Å². The van der Waals surface area contributed by atoms with Crippen molar-refractivity contribution >= 4 is 11.6 Å². The number of methoxy groups -OCH3 is 1. The molecule has 0 radical (unpaired) electrons. The average Bonchev–Trinajstić information content (AvgIpc) is 2.71. The molecule has 0 saturated carbocycles. The summed E-state index contributed by atoms with van der Waals surface area (Å²) in [5, 5.41) is 0.154. The van der Waals surface area contributed by atoms with Crippen LogP contribution in [0.1, 0.15) is 11.5 Å². The fraction of sp³-hybridized carbons (Fsp3) is 0.538. The van der Waals surface area contributed by atoms with Crippen LogP contribution >= 0.6 is 11.6 Å². The summed E-state index contributed by atoms with van der Waals surface area (Å²) in [6, 6.07) is 4.97. The molecule has 5 heteroatoms. The van der Waals surface area contributed by atoms with Crippen LogP contribution in [0.5, 0.6) is 0 Å². The lowest BCUT2D eigenvalue weighted by atomic mass is 9.95. The van der Waals surface area contributed by atoms with Crippen molar-refractivity contribution in [1.29, 1.82) is 0 Å². The van der Waals surface area contributed by atoms with Crippen LogP contribution in [0, 0.1) is 5.82 Å². The molecule has 1 fully saturated rings. The number of nitrogens with zero attached hydrogens (tertiary/aromatic N) is 1. The Hall–Kier alpha value is -0.680. The third kappa shape index (κ3) is 3.01. The molecular weight excluding hydrogens is 255 g/mol. The van der Waals surface area contributed by atoms with Crippen LogP contribution in [0.25, 0.3) is 0 Å². The van der Waals surface area contributed by atoms with Gasteiger partial charge in [0.1, 0.15) is 5.82 Å². The van der Waals surface area contributed by atoms with Crippen LogP contribution in [-0.2, 0) is 4.74 Å². The van der Waals surface area contributed by atoms with Crippen molar-refractivity contribution in [3.05, 3.63) is 34.6 Å². The number of hydrogen-bond donors (Lipinski definition) is 1. The maximum atomic E-state index is 13.5. The standard InChI is InChI=1S/C13H18ClFN2O/c1-18-5-4-17-7-10(13(16)8-17)9-2-3-11(14)12(15)6-9/h2-3,6,10,13H,4-5,7-8,16H2,1H3/t10-,13+/m1/s1. The smallest absolute Gasteiger partial charge is 0.142 e. The van der Waals surface area contributed by atoms with E-state index in [1.165, 1.54) is 6.07 Å². The quantitative estimate of drug-likeness (QED) is 0.909. The molecule has 0 aliphatic carbocycles. The van der Waals surface area contributed by atoms with Gasteiger partial charge in [0.25, 0.3) is 0 Å². The van der Waals surface area contributed by atoms with Crippen molar-refractivity contribution in [1.82, 2.24) is 4.90 Å². The first-order valence-electron chi connectivity index (χ1n) is 6.03. The van der Waals surface area contributed by atoms with Gasteiger partial charge in [-0.1, -0.05) is 17.7 Å². The number of ether oxygens (including phenoxy) is 1. The molecule has 1 aliphatic rings. The van der Waals surface area contributed by atoms with E-state index in [1.54, 1.807) is 13.2 Å². The third-order valence-corrected chi connectivity index (χ3v) is 3.73. The minimum absolute atomic E-state index is 0.0300. The Morgan fingerprint density at radius 1 is 1.50 bits per heavy atom. The van der Waals surface area contributed by atoms with E-state index in [9.17, 15) is 4.39 Å². The second-order valence-corrected chi connectivity index (χ2v) is 5.10. The summed E-state index contributed by atoms with van der Waals surface area (Å²) < 4.78 is 18.5. The lowest BCUT2D eigenvalue weighted by molar-refractivity contribution is 0.160. The maximum absolute atomic E-state index is 13.5. The molecule has 100 valence electrons. The Bertz CT molecular complexity index is 416. The van der Waals surface area contributed by atoms with Gasteiger partial charge in [0.05, 0.1) is 11.6 Å². The molecule has 2 N–H and O–H groups in total. The number of hydrogen-bond acceptors (Lipinski definition) is 3. The fourth-order valence-corrected chi connectivity index (χ4v) is 2.53. The minimum Gasteiger partial charge on any atom is -0.383 e. The van der Waals surface area contributed by atoms with Crippen LogP contribution in [0.15, 0.2) is 18.2 Å². The van der Waals surface area contributed by atoms with Gasteiger partial charge in [-0.15, -0.1) is 0 Å².